The van der Waals surface area contributed by atoms with E-state index in [0.29, 0.717) is 18.5 Å². The minimum Gasteiger partial charge on any atom is -0.387 e. The molecule has 1 aromatic rings. The molecule has 20 heavy (non-hydrogen) atoms. The normalized spacial score (nSPS) is 27.9. The number of aliphatic hydroxyl groups is 1. The third-order valence-electron chi connectivity index (χ3n) is 4.72. The fraction of sp³-hybridized carbons (Fsp3) is 0.800. The number of hydrogen-bond donors (Lipinski definition) is 3. The van der Waals surface area contributed by atoms with Crippen molar-refractivity contribution >= 4 is 0 Å². The Hall–Kier alpha value is -0.910. The number of β-amino-alcohol motifs (C(OH)–C–C–N with tert-alkyl or cyclic N) is 1. The molecule has 0 amide bonds. The van der Waals surface area contributed by atoms with Crippen molar-refractivity contribution in [3.05, 3.63) is 17.5 Å². The molecule has 1 saturated carbocycles. The Kier molecular flexibility index (Phi) is 3.60. The lowest BCUT2D eigenvalue weighted by Gasteiger charge is -2.24. The van der Waals surface area contributed by atoms with Gasteiger partial charge in [-0.1, -0.05) is 0 Å². The van der Waals surface area contributed by atoms with Gasteiger partial charge in [-0.2, -0.15) is 5.10 Å². The topological polar surface area (TPSA) is 62.1 Å². The second-order valence-corrected chi connectivity index (χ2v) is 6.84. The summed E-state index contributed by atoms with van der Waals surface area (Å²) in [6, 6.07) is 2.14. The Labute approximate surface area is 120 Å². The van der Waals surface area contributed by atoms with Gasteiger partial charge in [0.05, 0.1) is 11.3 Å². The summed E-state index contributed by atoms with van der Waals surface area (Å²) < 4.78 is 2.13. The second-order valence-electron chi connectivity index (χ2n) is 6.84. The molecule has 0 spiro atoms. The molecule has 0 radical (unpaired) electrons. The highest BCUT2D eigenvalue weighted by Crippen LogP contribution is 2.46. The highest BCUT2D eigenvalue weighted by molar-refractivity contribution is 5.08. The molecule has 5 nitrogen and oxygen atoms in total. The first-order valence-corrected chi connectivity index (χ1v) is 7.65. The molecule has 1 aliphatic heterocycles. The highest BCUT2D eigenvalue weighted by atomic mass is 16.3. The molecule has 3 rings (SSSR count). The van der Waals surface area contributed by atoms with Crippen LogP contribution < -0.4 is 10.6 Å². The summed E-state index contributed by atoms with van der Waals surface area (Å²) in [4.78, 5) is 0. The van der Waals surface area contributed by atoms with E-state index in [-0.39, 0.29) is 0 Å². The largest absolute Gasteiger partial charge is 0.387 e. The Morgan fingerprint density at radius 2 is 2.15 bits per heavy atom. The average Bonchev–Trinajstić information content (AvgIpc) is 2.87. The van der Waals surface area contributed by atoms with Crippen molar-refractivity contribution in [1.82, 2.24) is 20.4 Å². The third kappa shape index (κ3) is 3.05. The van der Waals surface area contributed by atoms with Crippen molar-refractivity contribution in [2.75, 3.05) is 26.2 Å². The number of nitrogens with one attached hydrogen (secondary N) is 2. The van der Waals surface area contributed by atoms with Gasteiger partial charge in [-0.05, 0) is 45.7 Å². The van der Waals surface area contributed by atoms with E-state index in [4.69, 9.17) is 0 Å². The van der Waals surface area contributed by atoms with Crippen LogP contribution in [0.25, 0.3) is 0 Å². The lowest BCUT2D eigenvalue weighted by molar-refractivity contribution is 0.0595. The molecule has 0 aromatic carbocycles. The van der Waals surface area contributed by atoms with Crippen LogP contribution in [-0.2, 0) is 6.54 Å². The van der Waals surface area contributed by atoms with Gasteiger partial charge >= 0.3 is 0 Å². The molecule has 112 valence electrons. The zero-order valence-electron chi connectivity index (χ0n) is 12.6. The van der Waals surface area contributed by atoms with E-state index < -0.39 is 5.60 Å². The predicted octanol–water partition coefficient (Wildman–Crippen LogP) is 0.594. The van der Waals surface area contributed by atoms with Crippen LogP contribution in [0.3, 0.4) is 0 Å². The molecule has 3 N–H and O–H groups in total. The molecule has 1 aliphatic carbocycles. The van der Waals surface area contributed by atoms with Gasteiger partial charge < -0.3 is 15.7 Å². The summed E-state index contributed by atoms with van der Waals surface area (Å²) in [5, 5.41) is 21.6. The highest BCUT2D eigenvalue weighted by Gasteiger charge is 2.43. The third-order valence-corrected chi connectivity index (χ3v) is 4.72. The van der Waals surface area contributed by atoms with Gasteiger partial charge in [-0.3, -0.25) is 4.68 Å². The van der Waals surface area contributed by atoms with Crippen LogP contribution in [0, 0.1) is 19.3 Å². The van der Waals surface area contributed by atoms with E-state index >= 15 is 0 Å². The van der Waals surface area contributed by atoms with Crippen LogP contribution in [0.5, 0.6) is 0 Å². The first kappa shape index (κ1) is 14.0. The molecule has 1 atom stereocenters. The first-order valence-electron chi connectivity index (χ1n) is 7.65. The van der Waals surface area contributed by atoms with Crippen molar-refractivity contribution in [3.8, 4) is 0 Å². The molecular weight excluding hydrogens is 252 g/mol. The minimum atomic E-state index is -0.547. The molecule has 1 aromatic heterocycles. The van der Waals surface area contributed by atoms with Gasteiger partial charge in [-0.15, -0.1) is 0 Å². The van der Waals surface area contributed by atoms with Crippen LogP contribution >= 0.6 is 0 Å². The van der Waals surface area contributed by atoms with E-state index in [1.165, 1.54) is 18.5 Å². The maximum atomic E-state index is 10.3. The lowest BCUT2D eigenvalue weighted by Crippen LogP contribution is -2.44. The van der Waals surface area contributed by atoms with E-state index in [1.807, 2.05) is 6.92 Å². The zero-order valence-corrected chi connectivity index (χ0v) is 12.6. The number of aromatic nitrogens is 2. The van der Waals surface area contributed by atoms with Crippen LogP contribution in [0.2, 0.25) is 0 Å². The van der Waals surface area contributed by atoms with Crippen molar-refractivity contribution < 1.29 is 5.11 Å². The standard InChI is InChI=1S/C15H26N4O/c1-12-7-13(2)19(18-12)11-14(3-4-14)8-17-10-15(20)5-6-16-9-15/h7,16-17,20H,3-6,8-11H2,1-2H3/t15-/m1/s1. The Bertz CT molecular complexity index is 472. The molecule has 1 saturated heterocycles. The van der Waals surface area contributed by atoms with Crippen molar-refractivity contribution in [2.24, 2.45) is 5.41 Å². The lowest BCUT2D eigenvalue weighted by atomic mass is 10.0. The SMILES string of the molecule is Cc1cc(C)n(CC2(CNC[C@@]3(O)CCNC3)CC2)n1. The number of aryl methyl sites for hydroxylation is 2. The Balaban J connectivity index is 1.51. The van der Waals surface area contributed by atoms with Crippen LogP contribution in [0.1, 0.15) is 30.7 Å². The fourth-order valence-electron chi connectivity index (χ4n) is 3.16. The van der Waals surface area contributed by atoms with Gasteiger partial charge in [0, 0.05) is 37.3 Å². The molecule has 5 heteroatoms. The van der Waals surface area contributed by atoms with Crippen LogP contribution in [-0.4, -0.2) is 46.7 Å². The zero-order chi connectivity index (χ0) is 14.2. The average molecular weight is 278 g/mol. The summed E-state index contributed by atoms with van der Waals surface area (Å²) in [6.07, 6.45) is 3.37. The number of rotatable bonds is 6. The first-order chi connectivity index (χ1) is 9.50. The Morgan fingerprint density at radius 1 is 1.35 bits per heavy atom. The number of nitrogens with zero attached hydrogens (tertiary/aromatic N) is 2. The molecule has 0 unspecified atom stereocenters. The Morgan fingerprint density at radius 3 is 2.70 bits per heavy atom. The molecule has 2 fully saturated rings. The van der Waals surface area contributed by atoms with Gasteiger partial charge in [0.2, 0.25) is 0 Å². The van der Waals surface area contributed by atoms with E-state index in [0.717, 1.165) is 31.7 Å². The maximum absolute atomic E-state index is 10.3. The van der Waals surface area contributed by atoms with Gasteiger partial charge in [0.15, 0.2) is 0 Å². The van der Waals surface area contributed by atoms with Crippen molar-refractivity contribution in [3.63, 3.8) is 0 Å². The van der Waals surface area contributed by atoms with Gasteiger partial charge in [0.25, 0.3) is 0 Å². The van der Waals surface area contributed by atoms with Crippen LogP contribution in [0.15, 0.2) is 6.07 Å². The molecule has 2 aliphatic rings. The quantitative estimate of drug-likeness (QED) is 0.713. The van der Waals surface area contributed by atoms with E-state index in [9.17, 15) is 5.11 Å². The minimum absolute atomic E-state index is 0.353. The van der Waals surface area contributed by atoms with Crippen LogP contribution in [0.4, 0.5) is 0 Å². The van der Waals surface area contributed by atoms with E-state index in [2.05, 4.69) is 33.4 Å². The summed E-state index contributed by atoms with van der Waals surface area (Å²) in [7, 11) is 0. The van der Waals surface area contributed by atoms with Gasteiger partial charge in [0.1, 0.15) is 0 Å². The molecule has 0 bridgehead atoms. The maximum Gasteiger partial charge on any atom is 0.0907 e. The monoisotopic (exact) mass is 278 g/mol. The number of hydrogen-bond acceptors (Lipinski definition) is 4. The van der Waals surface area contributed by atoms with Crippen molar-refractivity contribution in [2.45, 2.75) is 45.3 Å². The summed E-state index contributed by atoms with van der Waals surface area (Å²) in [6.45, 7) is 8.47. The van der Waals surface area contributed by atoms with Crippen molar-refractivity contribution in [1.29, 1.82) is 0 Å². The summed E-state index contributed by atoms with van der Waals surface area (Å²) in [5.41, 5.74) is 2.14. The summed E-state index contributed by atoms with van der Waals surface area (Å²) in [5.74, 6) is 0. The van der Waals surface area contributed by atoms with E-state index in [1.54, 1.807) is 0 Å². The molecule has 2 heterocycles. The second kappa shape index (κ2) is 5.13. The fourth-order valence-corrected chi connectivity index (χ4v) is 3.16. The summed E-state index contributed by atoms with van der Waals surface area (Å²) >= 11 is 0. The molecular formula is C15H26N4O. The smallest absolute Gasteiger partial charge is 0.0907 e. The predicted molar refractivity (Wildman–Crippen MR) is 78.7 cm³/mol. The van der Waals surface area contributed by atoms with Gasteiger partial charge in [-0.25, -0.2) is 0 Å².